The van der Waals surface area contributed by atoms with Gasteiger partial charge in [0.15, 0.2) is 0 Å². The van der Waals surface area contributed by atoms with Gasteiger partial charge in [-0.25, -0.2) is 0 Å². The lowest BCUT2D eigenvalue weighted by atomic mass is 9.86. The van der Waals surface area contributed by atoms with E-state index in [0.717, 1.165) is 48.3 Å². The normalized spacial score (nSPS) is 18.2. The maximum Gasteiger partial charge on any atom is 0.122 e. The fourth-order valence-corrected chi connectivity index (χ4v) is 5.94. The number of ether oxygens (including phenoxy) is 1. The first kappa shape index (κ1) is 25.4. The molecule has 0 heterocycles. The van der Waals surface area contributed by atoms with E-state index >= 15 is 0 Å². The van der Waals surface area contributed by atoms with Crippen LogP contribution in [0.15, 0.2) is 95.9 Å². The molecule has 1 aliphatic carbocycles. The summed E-state index contributed by atoms with van der Waals surface area (Å²) in [6.07, 6.45) is 11.0. The zero-order chi connectivity index (χ0) is 24.5. The van der Waals surface area contributed by atoms with Gasteiger partial charge in [-0.2, -0.15) is 0 Å². The molecule has 184 valence electrons. The van der Waals surface area contributed by atoms with Gasteiger partial charge in [0.1, 0.15) is 17.1 Å². The number of hydrogen-bond donors (Lipinski definition) is 1. The molecule has 1 unspecified atom stereocenters. The summed E-state index contributed by atoms with van der Waals surface area (Å²) in [4.78, 5) is 1.31. The summed E-state index contributed by atoms with van der Waals surface area (Å²) in [6, 6.07) is 26.9. The van der Waals surface area contributed by atoms with Crippen LogP contribution in [0, 0.1) is 5.92 Å². The van der Waals surface area contributed by atoms with Crippen LogP contribution in [0.5, 0.6) is 11.5 Å². The van der Waals surface area contributed by atoms with E-state index in [1.807, 2.05) is 42.1 Å². The smallest absolute Gasteiger partial charge is 0.122 e. The molecule has 0 bridgehead atoms. The molecular formula is C32H38O2S. The second kappa shape index (κ2) is 12.4. The maximum absolute atomic E-state index is 11.2. The third kappa shape index (κ3) is 7.41. The highest BCUT2D eigenvalue weighted by Gasteiger charge is 2.29. The number of aryl methyl sites for hydroxylation is 1. The number of allylic oxidation sites excluding steroid dienone is 1. The monoisotopic (exact) mass is 486 g/mol. The van der Waals surface area contributed by atoms with Crippen molar-refractivity contribution in [2.24, 2.45) is 5.92 Å². The van der Waals surface area contributed by atoms with Gasteiger partial charge in [0.2, 0.25) is 0 Å². The largest absolute Gasteiger partial charge is 0.507 e. The molecule has 4 rings (SSSR count). The number of rotatable bonds is 11. The van der Waals surface area contributed by atoms with Crippen LogP contribution in [0.1, 0.15) is 63.0 Å². The topological polar surface area (TPSA) is 29.5 Å². The number of thioether (sulfide) groups is 1. The number of aromatic hydroxyl groups is 1. The van der Waals surface area contributed by atoms with Crippen LogP contribution in [0.2, 0.25) is 0 Å². The predicted molar refractivity (Wildman–Crippen MR) is 149 cm³/mol. The molecule has 0 aromatic heterocycles. The second-order valence-electron chi connectivity index (χ2n) is 10.1. The van der Waals surface area contributed by atoms with Crippen LogP contribution in [0.25, 0.3) is 0 Å². The second-order valence-corrected chi connectivity index (χ2v) is 11.3. The lowest BCUT2D eigenvalue weighted by molar-refractivity contribution is 0.113. The van der Waals surface area contributed by atoms with Crippen molar-refractivity contribution in [3.63, 3.8) is 0 Å². The molecule has 0 radical (unpaired) electrons. The zero-order valence-corrected chi connectivity index (χ0v) is 21.8. The van der Waals surface area contributed by atoms with Crippen molar-refractivity contribution in [1.29, 1.82) is 0 Å². The number of para-hydroxylation sites is 2. The van der Waals surface area contributed by atoms with Crippen molar-refractivity contribution >= 4 is 11.8 Å². The van der Waals surface area contributed by atoms with E-state index in [9.17, 15) is 5.11 Å². The third-order valence-electron chi connectivity index (χ3n) is 6.85. The van der Waals surface area contributed by atoms with Crippen LogP contribution < -0.4 is 4.74 Å². The molecule has 0 amide bonds. The summed E-state index contributed by atoms with van der Waals surface area (Å²) in [5.74, 6) is 3.35. The van der Waals surface area contributed by atoms with Crippen molar-refractivity contribution in [3.05, 3.63) is 102 Å². The van der Waals surface area contributed by atoms with E-state index in [1.165, 1.54) is 17.7 Å². The summed E-state index contributed by atoms with van der Waals surface area (Å²) in [6.45, 7) is 4.28. The summed E-state index contributed by atoms with van der Waals surface area (Å²) in [7, 11) is 0. The molecule has 0 aliphatic heterocycles. The van der Waals surface area contributed by atoms with Crippen molar-refractivity contribution in [1.82, 2.24) is 0 Å². The van der Waals surface area contributed by atoms with Gasteiger partial charge in [-0.05, 0) is 92.5 Å². The van der Waals surface area contributed by atoms with E-state index in [1.54, 1.807) is 0 Å². The van der Waals surface area contributed by atoms with Crippen molar-refractivity contribution in [3.8, 4) is 11.5 Å². The molecule has 3 aromatic rings. The highest BCUT2D eigenvalue weighted by Crippen LogP contribution is 2.44. The molecule has 1 fully saturated rings. The number of phenols is 1. The average Bonchev–Trinajstić information content (AvgIpc) is 3.32. The van der Waals surface area contributed by atoms with Crippen molar-refractivity contribution < 1.29 is 9.84 Å². The SMILES string of the molecule is CC(C)(C/C=C/C1CCC[C@@H]1c1cccc(CCCSc2ccccc2)c1O)Oc1ccccc1. The Bertz CT molecular complexity index is 1080. The Kier molecular flexibility index (Phi) is 8.98. The first-order chi connectivity index (χ1) is 17.0. The molecule has 1 aliphatic rings. The summed E-state index contributed by atoms with van der Waals surface area (Å²) in [5.41, 5.74) is 1.96. The quantitative estimate of drug-likeness (QED) is 0.167. The molecule has 0 spiro atoms. The summed E-state index contributed by atoms with van der Waals surface area (Å²) < 4.78 is 6.19. The Morgan fingerprint density at radius 2 is 1.69 bits per heavy atom. The van der Waals surface area contributed by atoms with Gasteiger partial charge in [0.05, 0.1) is 0 Å². The highest BCUT2D eigenvalue weighted by molar-refractivity contribution is 7.99. The average molecular weight is 487 g/mol. The number of phenolic OH excluding ortho intramolecular Hbond substituents is 1. The van der Waals surface area contributed by atoms with E-state index in [0.29, 0.717) is 17.6 Å². The first-order valence-electron chi connectivity index (χ1n) is 12.9. The van der Waals surface area contributed by atoms with Gasteiger partial charge in [-0.15, -0.1) is 11.8 Å². The standard InChI is InChI=1S/C32H38O2S/c1-32(2,34-27-17-5-3-6-18-27)23-11-15-25-13-9-21-29(25)30-22-10-14-26(31(30)33)16-12-24-35-28-19-7-4-8-20-28/h3-8,10-11,14-15,17-20,22,25,29,33H,9,12-13,16,21,23-24H2,1-2H3/b15-11+/t25?,29-/m0/s1. The zero-order valence-electron chi connectivity index (χ0n) is 21.0. The van der Waals surface area contributed by atoms with E-state index < -0.39 is 0 Å². The first-order valence-corrected chi connectivity index (χ1v) is 13.9. The van der Waals surface area contributed by atoms with E-state index in [2.05, 4.69) is 74.5 Å². The van der Waals surface area contributed by atoms with Crippen LogP contribution in [-0.4, -0.2) is 16.5 Å². The molecule has 1 saturated carbocycles. The molecule has 1 N–H and O–H groups in total. The van der Waals surface area contributed by atoms with Crippen LogP contribution in [0.3, 0.4) is 0 Å². The predicted octanol–water partition coefficient (Wildman–Crippen LogP) is 8.80. The lowest BCUT2D eigenvalue weighted by Gasteiger charge is -2.25. The Labute approximate surface area is 215 Å². The Hall–Kier alpha value is -2.65. The maximum atomic E-state index is 11.2. The Balaban J connectivity index is 1.33. The fraction of sp³-hybridized carbons (Fsp3) is 0.375. The number of hydrogen-bond acceptors (Lipinski definition) is 3. The van der Waals surface area contributed by atoms with E-state index in [-0.39, 0.29) is 5.60 Å². The Morgan fingerprint density at radius 1 is 0.943 bits per heavy atom. The molecule has 2 nitrogen and oxygen atoms in total. The van der Waals surface area contributed by atoms with Gasteiger partial charge in [-0.3, -0.25) is 0 Å². The third-order valence-corrected chi connectivity index (χ3v) is 7.95. The molecule has 35 heavy (non-hydrogen) atoms. The minimum atomic E-state index is -0.258. The Morgan fingerprint density at radius 3 is 2.46 bits per heavy atom. The summed E-state index contributed by atoms with van der Waals surface area (Å²) in [5, 5.41) is 11.2. The van der Waals surface area contributed by atoms with Crippen LogP contribution >= 0.6 is 11.8 Å². The molecule has 3 heteroatoms. The lowest BCUT2D eigenvalue weighted by Crippen LogP contribution is -2.27. The minimum Gasteiger partial charge on any atom is -0.507 e. The van der Waals surface area contributed by atoms with Gasteiger partial charge in [0, 0.05) is 11.3 Å². The van der Waals surface area contributed by atoms with Gasteiger partial charge in [0.25, 0.3) is 0 Å². The van der Waals surface area contributed by atoms with Gasteiger partial charge in [-0.1, -0.05) is 73.2 Å². The van der Waals surface area contributed by atoms with Gasteiger partial charge >= 0.3 is 0 Å². The van der Waals surface area contributed by atoms with Gasteiger partial charge < -0.3 is 9.84 Å². The summed E-state index contributed by atoms with van der Waals surface area (Å²) >= 11 is 1.89. The van der Waals surface area contributed by atoms with E-state index in [4.69, 9.17) is 4.74 Å². The molecule has 2 atom stereocenters. The molecule has 3 aromatic carbocycles. The highest BCUT2D eigenvalue weighted by atomic mass is 32.2. The molecule has 0 saturated heterocycles. The van der Waals surface area contributed by atoms with Crippen LogP contribution in [-0.2, 0) is 6.42 Å². The fourth-order valence-electron chi connectivity index (χ4n) is 5.06. The van der Waals surface area contributed by atoms with Crippen LogP contribution in [0.4, 0.5) is 0 Å². The molecular weight excluding hydrogens is 448 g/mol. The minimum absolute atomic E-state index is 0.258. The number of benzene rings is 3. The van der Waals surface area contributed by atoms with Crippen molar-refractivity contribution in [2.45, 2.75) is 68.8 Å². The van der Waals surface area contributed by atoms with Crippen molar-refractivity contribution in [2.75, 3.05) is 5.75 Å².